The second-order valence-electron chi connectivity index (χ2n) is 12.8. The molecule has 0 aliphatic carbocycles. The first-order chi connectivity index (χ1) is 23.6. The lowest BCUT2D eigenvalue weighted by Gasteiger charge is -2.37. The number of aliphatic hydroxyl groups excluding tert-OH is 2. The van der Waals surface area contributed by atoms with Crippen molar-refractivity contribution in [1.82, 2.24) is 9.62 Å². The Morgan fingerprint density at radius 2 is 1.59 bits per heavy atom. The molecular formula is C38H43N3O7S. The number of carbonyl (C=O) groups excluding carboxylic acids is 1. The number of β-amino-alcohol motifs (C(OH)–C–C–N with tert-alkyl or cyclic N) is 1. The fraction of sp³-hybridized carbons (Fsp3) is 0.342. The third-order valence-corrected chi connectivity index (χ3v) is 10.5. The fourth-order valence-corrected chi connectivity index (χ4v) is 7.46. The van der Waals surface area contributed by atoms with E-state index in [0.717, 1.165) is 40.8 Å². The zero-order valence-corrected chi connectivity index (χ0v) is 28.3. The summed E-state index contributed by atoms with van der Waals surface area (Å²) in [6.45, 7) is 3.93. The van der Waals surface area contributed by atoms with E-state index in [1.807, 2.05) is 73.7 Å². The van der Waals surface area contributed by atoms with Gasteiger partial charge in [-0.05, 0) is 60.7 Å². The number of nitrogens with zero attached hydrogens (tertiary/aromatic N) is 1. The average molecular weight is 686 g/mol. The maximum Gasteiger partial charge on any atom is 0.242 e. The number of benzene rings is 4. The topological polar surface area (TPSA) is 137 Å². The van der Waals surface area contributed by atoms with Crippen LogP contribution in [0.25, 0.3) is 0 Å². The van der Waals surface area contributed by atoms with Gasteiger partial charge in [0.25, 0.3) is 0 Å². The van der Waals surface area contributed by atoms with Crippen molar-refractivity contribution in [1.29, 1.82) is 0 Å². The number of amides is 1. The van der Waals surface area contributed by atoms with Crippen molar-refractivity contribution in [2.75, 3.05) is 25.0 Å². The van der Waals surface area contributed by atoms with Gasteiger partial charge in [0.1, 0.15) is 6.04 Å². The van der Waals surface area contributed by atoms with E-state index in [0.29, 0.717) is 25.2 Å². The molecule has 4 N–H and O–H groups in total. The molecule has 11 heteroatoms. The van der Waals surface area contributed by atoms with E-state index in [1.165, 1.54) is 12.1 Å². The molecule has 2 aliphatic rings. The molecule has 4 aromatic rings. The quantitative estimate of drug-likeness (QED) is 0.170. The number of rotatable bonds is 12. The summed E-state index contributed by atoms with van der Waals surface area (Å²) in [5.41, 5.74) is 4.81. The summed E-state index contributed by atoms with van der Waals surface area (Å²) in [5.74, 6) is -0.489. The highest BCUT2D eigenvalue weighted by Gasteiger charge is 2.34. The van der Waals surface area contributed by atoms with Gasteiger partial charge in [0.05, 0.1) is 29.8 Å². The third kappa shape index (κ3) is 9.20. The zero-order valence-electron chi connectivity index (χ0n) is 27.4. The number of likely N-dealkylation sites (tertiary alicyclic amines) is 1. The van der Waals surface area contributed by atoms with Gasteiger partial charge < -0.3 is 25.0 Å². The van der Waals surface area contributed by atoms with Gasteiger partial charge in [-0.3, -0.25) is 9.69 Å². The second kappa shape index (κ2) is 15.7. The monoisotopic (exact) mass is 685 g/mol. The number of aryl methyl sites for hydroxylation is 1. The van der Waals surface area contributed by atoms with Crippen molar-refractivity contribution in [3.63, 3.8) is 0 Å². The van der Waals surface area contributed by atoms with Crippen LogP contribution in [0.15, 0.2) is 108 Å². The van der Waals surface area contributed by atoms with E-state index >= 15 is 0 Å². The Morgan fingerprint density at radius 1 is 0.898 bits per heavy atom. The minimum Gasteiger partial charge on any atom is -0.392 e. The van der Waals surface area contributed by atoms with Crippen molar-refractivity contribution in [2.45, 2.75) is 68.3 Å². The molecule has 0 bridgehead atoms. The minimum absolute atomic E-state index is 0.0358. The molecular weight excluding hydrogens is 642 g/mol. The molecule has 5 atom stereocenters. The first-order valence-corrected chi connectivity index (χ1v) is 18.1. The Morgan fingerprint density at radius 3 is 2.24 bits per heavy atom. The van der Waals surface area contributed by atoms with Crippen LogP contribution in [0.2, 0.25) is 0 Å². The van der Waals surface area contributed by atoms with Gasteiger partial charge in [-0.25, -0.2) is 8.42 Å². The highest BCUT2D eigenvalue weighted by Crippen LogP contribution is 2.38. The van der Waals surface area contributed by atoms with Crippen LogP contribution in [-0.2, 0) is 37.3 Å². The first kappa shape index (κ1) is 34.9. The molecule has 0 radical (unpaired) electrons. The molecule has 0 saturated carbocycles. The van der Waals surface area contributed by atoms with Crippen molar-refractivity contribution < 1.29 is 32.9 Å². The molecule has 10 nitrogen and oxygen atoms in total. The lowest BCUT2D eigenvalue weighted by atomic mass is 9.99. The van der Waals surface area contributed by atoms with Crippen molar-refractivity contribution >= 4 is 21.6 Å². The minimum atomic E-state index is -3.98. The zero-order chi connectivity index (χ0) is 34.4. The van der Waals surface area contributed by atoms with Crippen molar-refractivity contribution in [2.24, 2.45) is 0 Å². The van der Waals surface area contributed by atoms with Gasteiger partial charge in [0.2, 0.25) is 15.9 Å². The van der Waals surface area contributed by atoms with E-state index in [4.69, 9.17) is 9.47 Å². The van der Waals surface area contributed by atoms with Gasteiger partial charge in [0, 0.05) is 37.3 Å². The molecule has 49 heavy (non-hydrogen) atoms. The number of hydrogen-bond donors (Lipinski definition) is 4. The van der Waals surface area contributed by atoms with Crippen LogP contribution < -0.4 is 10.0 Å². The van der Waals surface area contributed by atoms with Crippen LogP contribution in [0, 0.1) is 6.92 Å². The number of aliphatic hydroxyl groups is 2. The Kier molecular flexibility index (Phi) is 11.2. The lowest BCUT2D eigenvalue weighted by Crippen LogP contribution is -2.45. The van der Waals surface area contributed by atoms with Gasteiger partial charge >= 0.3 is 0 Å². The van der Waals surface area contributed by atoms with E-state index in [-0.39, 0.29) is 36.2 Å². The van der Waals surface area contributed by atoms with Crippen LogP contribution in [0.1, 0.15) is 53.1 Å². The molecule has 2 aliphatic heterocycles. The molecule has 1 amide bonds. The number of hydrogen-bond acceptors (Lipinski definition) is 8. The highest BCUT2D eigenvalue weighted by atomic mass is 32.2. The Balaban J connectivity index is 1.17. The largest absolute Gasteiger partial charge is 0.392 e. The van der Waals surface area contributed by atoms with Crippen LogP contribution in [0.4, 0.5) is 5.69 Å². The second-order valence-corrected chi connectivity index (χ2v) is 14.6. The van der Waals surface area contributed by atoms with Gasteiger partial charge in [-0.1, -0.05) is 84.4 Å². The molecule has 0 unspecified atom stereocenters. The lowest BCUT2D eigenvalue weighted by molar-refractivity contribution is -0.252. The summed E-state index contributed by atoms with van der Waals surface area (Å²) < 4.78 is 42.1. The first-order valence-electron chi connectivity index (χ1n) is 16.6. The molecule has 6 rings (SSSR count). The smallest absolute Gasteiger partial charge is 0.242 e. The Labute approximate surface area is 287 Å². The van der Waals surface area contributed by atoms with E-state index in [2.05, 4.69) is 14.9 Å². The summed E-state index contributed by atoms with van der Waals surface area (Å²) in [5, 5.41) is 22.4. The maximum absolute atomic E-state index is 13.6. The van der Waals surface area contributed by atoms with Crippen molar-refractivity contribution in [3.8, 4) is 0 Å². The standard InChI is InChI=1S/C38H43N3O7S/c1-26-7-17-34(18-8-26)49(45,46)40-35(21-27-5-3-2-4-6-27)37(44)39-31-15-13-30(14-16-31)38-47-33(24-41-20-19-32(43)23-41)22-36(48-38)29-11-9-28(25-42)10-12-29/h2-18,32-33,35-36,38,40,42-43H,19-25H2,1H3,(H,39,44)/t32-,33+,35+,36-,38-/m0/s1. The van der Waals surface area contributed by atoms with Crippen LogP contribution in [0.3, 0.4) is 0 Å². The summed E-state index contributed by atoms with van der Waals surface area (Å²) >= 11 is 0. The number of anilines is 1. The SMILES string of the molecule is Cc1ccc(S(=O)(=O)N[C@H](Cc2ccccc2)C(=O)Nc2ccc([C@H]3O[C@@H](CN4CC[C@H](O)C4)C[C@@H](c4ccc(CO)cc4)O3)cc2)cc1. The van der Waals surface area contributed by atoms with Gasteiger partial charge in [0.15, 0.2) is 6.29 Å². The van der Waals surface area contributed by atoms with Crippen LogP contribution >= 0.6 is 0 Å². The molecule has 258 valence electrons. The van der Waals surface area contributed by atoms with Crippen LogP contribution in [0.5, 0.6) is 0 Å². The summed E-state index contributed by atoms with van der Waals surface area (Å²) in [4.78, 5) is 15.9. The van der Waals surface area contributed by atoms with E-state index < -0.39 is 28.3 Å². The van der Waals surface area contributed by atoms with E-state index in [1.54, 1.807) is 24.3 Å². The molecule has 2 saturated heterocycles. The number of ether oxygens (including phenoxy) is 2. The normalized spacial score (nSPS) is 22.1. The Bertz CT molecular complexity index is 1790. The maximum atomic E-state index is 13.6. The fourth-order valence-electron chi connectivity index (χ4n) is 6.26. The predicted molar refractivity (Wildman–Crippen MR) is 186 cm³/mol. The van der Waals surface area contributed by atoms with Crippen molar-refractivity contribution in [3.05, 3.63) is 131 Å². The van der Waals surface area contributed by atoms with E-state index in [9.17, 15) is 23.4 Å². The third-order valence-electron chi connectivity index (χ3n) is 9.00. The van der Waals surface area contributed by atoms with Crippen LogP contribution in [-0.4, -0.2) is 67.3 Å². The molecule has 2 fully saturated rings. The van der Waals surface area contributed by atoms with Gasteiger partial charge in [-0.15, -0.1) is 0 Å². The molecule has 0 spiro atoms. The highest BCUT2D eigenvalue weighted by molar-refractivity contribution is 7.89. The average Bonchev–Trinajstić information content (AvgIpc) is 3.52. The Hall–Kier alpha value is -3.94. The number of nitrogens with one attached hydrogen (secondary N) is 2. The predicted octanol–water partition coefficient (Wildman–Crippen LogP) is 4.63. The molecule has 0 aromatic heterocycles. The molecule has 4 aromatic carbocycles. The summed E-state index contributed by atoms with van der Waals surface area (Å²) in [6.07, 6.45) is 0.143. The van der Waals surface area contributed by atoms with Gasteiger partial charge in [-0.2, -0.15) is 4.72 Å². The summed E-state index contributed by atoms with van der Waals surface area (Å²) in [6, 6.07) is 29.6. The summed E-state index contributed by atoms with van der Waals surface area (Å²) in [7, 11) is -3.98. The molecule has 2 heterocycles. The number of sulfonamides is 1. The number of carbonyl (C=O) groups is 1.